The van der Waals surface area contributed by atoms with Crippen LogP contribution in [0.15, 0.2) is 48.5 Å². The smallest absolute Gasteiger partial charge is 0.241 e. The normalized spacial score (nSPS) is 12.5. The molecule has 0 heterocycles. The molecule has 0 unspecified atom stereocenters. The molecule has 4 heteroatoms. The Morgan fingerprint density at radius 1 is 1.04 bits per heavy atom. The van der Waals surface area contributed by atoms with E-state index in [1.165, 1.54) is 5.56 Å². The van der Waals surface area contributed by atoms with Gasteiger partial charge in [-0.25, -0.2) is 0 Å². The maximum Gasteiger partial charge on any atom is 0.241 e. The minimum Gasteiger partial charge on any atom is -0.325 e. The first-order chi connectivity index (χ1) is 11.4. The molecule has 2 aromatic carbocycles. The summed E-state index contributed by atoms with van der Waals surface area (Å²) < 4.78 is 0. The number of nitrogens with zero attached hydrogens (tertiary/aromatic N) is 1. The molecule has 0 aliphatic carbocycles. The third-order valence-corrected chi connectivity index (χ3v) is 4.48. The van der Waals surface area contributed by atoms with Gasteiger partial charge in [-0.05, 0) is 55.3 Å². The van der Waals surface area contributed by atoms with E-state index in [9.17, 15) is 4.79 Å². The molecule has 0 aliphatic rings. The summed E-state index contributed by atoms with van der Waals surface area (Å²) in [4.78, 5) is 14.5. The monoisotopic (exact) mass is 344 g/mol. The van der Waals surface area contributed by atoms with Crippen LogP contribution in [0.25, 0.3) is 0 Å². The summed E-state index contributed by atoms with van der Waals surface area (Å²) in [5.41, 5.74) is 3.22. The number of benzene rings is 2. The number of anilines is 1. The molecule has 0 saturated carbocycles. The van der Waals surface area contributed by atoms with Crippen LogP contribution < -0.4 is 5.32 Å². The van der Waals surface area contributed by atoms with Gasteiger partial charge in [0.2, 0.25) is 5.91 Å². The van der Waals surface area contributed by atoms with Crippen LogP contribution in [0.3, 0.4) is 0 Å². The first-order valence-electron chi connectivity index (χ1n) is 8.22. The lowest BCUT2D eigenvalue weighted by Gasteiger charge is -2.24. The maximum atomic E-state index is 12.4. The van der Waals surface area contributed by atoms with Crippen LogP contribution in [0.1, 0.15) is 37.8 Å². The quantitative estimate of drug-likeness (QED) is 0.806. The van der Waals surface area contributed by atoms with Gasteiger partial charge in [-0.2, -0.15) is 0 Å². The Kier molecular flexibility index (Phi) is 6.41. The average molecular weight is 345 g/mol. The van der Waals surface area contributed by atoms with Crippen molar-refractivity contribution in [3.63, 3.8) is 0 Å². The van der Waals surface area contributed by atoms with Gasteiger partial charge in [-0.3, -0.25) is 9.69 Å². The molecule has 128 valence electrons. The van der Waals surface area contributed by atoms with Crippen molar-refractivity contribution >= 4 is 23.2 Å². The molecule has 0 saturated heterocycles. The molecule has 2 rings (SSSR count). The molecule has 0 aromatic heterocycles. The molecular formula is C20H25ClN2O. The Morgan fingerprint density at radius 2 is 1.62 bits per heavy atom. The summed E-state index contributed by atoms with van der Waals surface area (Å²) in [6.45, 7) is 6.91. The van der Waals surface area contributed by atoms with Gasteiger partial charge in [0.1, 0.15) is 0 Å². The molecule has 0 aliphatic heterocycles. The van der Waals surface area contributed by atoms with Gasteiger partial charge >= 0.3 is 0 Å². The van der Waals surface area contributed by atoms with Crippen LogP contribution in [0.5, 0.6) is 0 Å². The Bertz CT molecular complexity index is 665. The van der Waals surface area contributed by atoms with Crippen LogP contribution in [0.4, 0.5) is 5.69 Å². The molecule has 24 heavy (non-hydrogen) atoms. The highest BCUT2D eigenvalue weighted by molar-refractivity contribution is 6.30. The average Bonchev–Trinajstić information content (AvgIpc) is 2.56. The molecule has 1 amide bonds. The van der Waals surface area contributed by atoms with Crippen molar-refractivity contribution in [3.05, 3.63) is 64.7 Å². The van der Waals surface area contributed by atoms with E-state index in [1.54, 1.807) is 0 Å². The summed E-state index contributed by atoms with van der Waals surface area (Å²) in [5, 5.41) is 3.70. The van der Waals surface area contributed by atoms with E-state index in [2.05, 4.69) is 31.3 Å². The number of likely N-dealkylation sites (N-methyl/N-ethyl adjacent to an activating group) is 1. The SMILES string of the molecule is CC(C)c1ccc(NC(=O)[C@@H](C)N(C)Cc2ccc(Cl)cc2)cc1. The largest absolute Gasteiger partial charge is 0.325 e. The highest BCUT2D eigenvalue weighted by Crippen LogP contribution is 2.18. The fourth-order valence-electron chi connectivity index (χ4n) is 2.41. The van der Waals surface area contributed by atoms with Crippen molar-refractivity contribution in [2.45, 2.75) is 39.3 Å². The molecule has 0 fully saturated rings. The number of halogens is 1. The third kappa shape index (κ3) is 5.08. The summed E-state index contributed by atoms with van der Waals surface area (Å²) in [7, 11) is 1.95. The lowest BCUT2D eigenvalue weighted by atomic mass is 10.0. The van der Waals surface area contributed by atoms with Crippen molar-refractivity contribution in [2.75, 3.05) is 12.4 Å². The number of carbonyl (C=O) groups is 1. The van der Waals surface area contributed by atoms with Gasteiger partial charge in [0, 0.05) is 17.3 Å². The standard InChI is InChI=1S/C20H25ClN2O/c1-14(2)17-7-11-19(12-8-17)22-20(24)15(3)23(4)13-16-5-9-18(21)10-6-16/h5-12,14-15H,13H2,1-4H3,(H,22,24)/t15-/m1/s1. The zero-order valence-electron chi connectivity index (χ0n) is 14.7. The van der Waals surface area contributed by atoms with Gasteiger partial charge in [-0.15, -0.1) is 0 Å². The van der Waals surface area contributed by atoms with Gasteiger partial charge in [0.05, 0.1) is 6.04 Å². The Morgan fingerprint density at radius 3 is 2.17 bits per heavy atom. The van der Waals surface area contributed by atoms with E-state index in [-0.39, 0.29) is 11.9 Å². The molecule has 0 bridgehead atoms. The predicted molar refractivity (Wildman–Crippen MR) is 102 cm³/mol. The van der Waals surface area contributed by atoms with Crippen molar-refractivity contribution in [3.8, 4) is 0 Å². The predicted octanol–water partition coefficient (Wildman–Crippen LogP) is 4.92. The minimum atomic E-state index is -0.231. The number of hydrogen-bond acceptors (Lipinski definition) is 2. The molecule has 3 nitrogen and oxygen atoms in total. The molecule has 1 N–H and O–H groups in total. The minimum absolute atomic E-state index is 0.0104. The van der Waals surface area contributed by atoms with Crippen LogP contribution >= 0.6 is 11.6 Å². The zero-order chi connectivity index (χ0) is 17.7. The fraction of sp³-hybridized carbons (Fsp3) is 0.350. The summed E-state index contributed by atoms with van der Waals surface area (Å²) >= 11 is 5.90. The summed E-state index contributed by atoms with van der Waals surface area (Å²) in [5.74, 6) is 0.475. The van der Waals surface area contributed by atoms with Gasteiger partial charge in [0.25, 0.3) is 0 Å². The van der Waals surface area contributed by atoms with Crippen LogP contribution in [0, 0.1) is 0 Å². The van der Waals surface area contributed by atoms with E-state index < -0.39 is 0 Å². The van der Waals surface area contributed by atoms with Gasteiger partial charge in [0.15, 0.2) is 0 Å². The lowest BCUT2D eigenvalue weighted by Crippen LogP contribution is -2.39. The van der Waals surface area contributed by atoms with E-state index in [0.29, 0.717) is 12.5 Å². The van der Waals surface area contributed by atoms with Crippen molar-refractivity contribution < 1.29 is 4.79 Å². The highest BCUT2D eigenvalue weighted by Gasteiger charge is 2.18. The summed E-state index contributed by atoms with van der Waals surface area (Å²) in [6, 6.07) is 15.5. The van der Waals surface area contributed by atoms with Crippen LogP contribution in [-0.4, -0.2) is 23.9 Å². The molecular weight excluding hydrogens is 320 g/mol. The Hall–Kier alpha value is -1.84. The highest BCUT2D eigenvalue weighted by atomic mass is 35.5. The van der Waals surface area contributed by atoms with Gasteiger partial charge < -0.3 is 5.32 Å². The van der Waals surface area contributed by atoms with Crippen LogP contribution in [-0.2, 0) is 11.3 Å². The number of rotatable bonds is 6. The molecule has 2 aromatic rings. The number of carbonyl (C=O) groups excluding carboxylic acids is 1. The number of amides is 1. The van der Waals surface area contributed by atoms with E-state index in [1.807, 2.05) is 55.3 Å². The Labute approximate surface area is 149 Å². The summed E-state index contributed by atoms with van der Waals surface area (Å²) in [6.07, 6.45) is 0. The van der Waals surface area contributed by atoms with Crippen molar-refractivity contribution in [1.82, 2.24) is 4.90 Å². The number of hydrogen-bond donors (Lipinski definition) is 1. The first-order valence-corrected chi connectivity index (χ1v) is 8.60. The molecule has 0 spiro atoms. The second-order valence-corrected chi connectivity index (χ2v) is 6.92. The molecule has 0 radical (unpaired) electrons. The van der Waals surface area contributed by atoms with Crippen molar-refractivity contribution in [2.24, 2.45) is 0 Å². The maximum absolute atomic E-state index is 12.4. The zero-order valence-corrected chi connectivity index (χ0v) is 15.5. The second-order valence-electron chi connectivity index (χ2n) is 6.48. The fourth-order valence-corrected chi connectivity index (χ4v) is 2.54. The van der Waals surface area contributed by atoms with E-state index in [0.717, 1.165) is 16.3 Å². The van der Waals surface area contributed by atoms with E-state index >= 15 is 0 Å². The van der Waals surface area contributed by atoms with E-state index in [4.69, 9.17) is 11.6 Å². The van der Waals surface area contributed by atoms with Gasteiger partial charge in [-0.1, -0.05) is 49.7 Å². The molecule has 1 atom stereocenters. The van der Waals surface area contributed by atoms with Crippen molar-refractivity contribution in [1.29, 1.82) is 0 Å². The van der Waals surface area contributed by atoms with Crippen LogP contribution in [0.2, 0.25) is 5.02 Å². The Balaban J connectivity index is 1.94. The third-order valence-electron chi connectivity index (χ3n) is 4.23. The number of nitrogens with one attached hydrogen (secondary N) is 1. The topological polar surface area (TPSA) is 32.3 Å². The second kappa shape index (κ2) is 8.32. The lowest BCUT2D eigenvalue weighted by molar-refractivity contribution is -0.120. The first kappa shape index (κ1) is 18.5.